The molecule has 2 N–H and O–H groups in total. The molecule has 0 unspecified atom stereocenters. The molecule has 0 aliphatic carbocycles. The van der Waals surface area contributed by atoms with E-state index in [9.17, 15) is 4.79 Å². The van der Waals surface area contributed by atoms with Gasteiger partial charge in [0.1, 0.15) is 0 Å². The molecule has 1 rings (SSSR count). The van der Waals surface area contributed by atoms with E-state index in [1.807, 2.05) is 26.0 Å². The maximum absolute atomic E-state index is 11.1. The number of benzene rings is 1. The van der Waals surface area contributed by atoms with Gasteiger partial charge in [0.2, 0.25) is 0 Å². The predicted molar refractivity (Wildman–Crippen MR) is 73.5 cm³/mol. The summed E-state index contributed by atoms with van der Waals surface area (Å²) in [5, 5.41) is 0. The van der Waals surface area contributed by atoms with E-state index in [1.54, 1.807) is 7.11 Å². The Morgan fingerprint density at radius 1 is 1.32 bits per heavy atom. The van der Waals surface area contributed by atoms with Gasteiger partial charge >= 0.3 is 5.97 Å². The van der Waals surface area contributed by atoms with Crippen molar-refractivity contribution in [1.82, 2.24) is 0 Å². The Kier molecular flexibility index (Phi) is 5.48. The highest BCUT2D eigenvalue weighted by molar-refractivity contribution is 5.71. The second-order valence-corrected chi connectivity index (χ2v) is 4.41. The zero-order chi connectivity index (χ0) is 14.4. The number of hydrogen-bond donors (Lipinski definition) is 1. The molecule has 0 fully saturated rings. The van der Waals surface area contributed by atoms with Gasteiger partial charge in [0.25, 0.3) is 0 Å². The molecule has 0 aromatic heterocycles. The average Bonchev–Trinajstić information content (AvgIpc) is 2.37. The fourth-order valence-corrected chi connectivity index (χ4v) is 1.73. The van der Waals surface area contributed by atoms with E-state index >= 15 is 0 Å². The van der Waals surface area contributed by atoms with E-state index in [0.717, 1.165) is 5.56 Å². The molecule has 106 valence electrons. The van der Waals surface area contributed by atoms with Gasteiger partial charge in [-0.2, -0.15) is 0 Å². The van der Waals surface area contributed by atoms with E-state index < -0.39 is 0 Å². The number of ether oxygens (including phenoxy) is 3. The summed E-state index contributed by atoms with van der Waals surface area (Å²) in [4.78, 5) is 11.1. The Balaban J connectivity index is 2.93. The Morgan fingerprint density at radius 3 is 2.53 bits per heavy atom. The molecule has 1 aromatic rings. The van der Waals surface area contributed by atoms with Crippen LogP contribution in [0.15, 0.2) is 12.1 Å². The van der Waals surface area contributed by atoms with Crippen molar-refractivity contribution >= 4 is 11.7 Å². The number of carbonyl (C=O) groups is 1. The summed E-state index contributed by atoms with van der Waals surface area (Å²) in [6.07, 6.45) is 0.833. The van der Waals surface area contributed by atoms with Crippen molar-refractivity contribution in [3.8, 4) is 11.5 Å². The molecule has 0 aliphatic heterocycles. The second kappa shape index (κ2) is 6.87. The first-order valence-corrected chi connectivity index (χ1v) is 6.18. The summed E-state index contributed by atoms with van der Waals surface area (Å²) in [5.74, 6) is 0.855. The summed E-state index contributed by atoms with van der Waals surface area (Å²) in [7, 11) is 2.91. The Morgan fingerprint density at radius 2 is 2.00 bits per heavy atom. The molecule has 5 heteroatoms. The summed E-state index contributed by atoms with van der Waals surface area (Å²) in [5.41, 5.74) is 7.39. The van der Waals surface area contributed by atoms with Crippen LogP contribution in [0.2, 0.25) is 0 Å². The molecular formula is C14H21NO4. The molecule has 0 heterocycles. The van der Waals surface area contributed by atoms with Crippen molar-refractivity contribution < 1.29 is 19.0 Å². The lowest BCUT2D eigenvalue weighted by Gasteiger charge is -2.17. The summed E-state index contributed by atoms with van der Waals surface area (Å²) in [6.45, 7) is 3.86. The lowest BCUT2D eigenvalue weighted by atomic mass is 10.1. The summed E-state index contributed by atoms with van der Waals surface area (Å²) >= 11 is 0. The average molecular weight is 267 g/mol. The number of nitrogens with two attached hydrogens (primary N) is 1. The van der Waals surface area contributed by atoms with Gasteiger partial charge < -0.3 is 19.9 Å². The molecule has 19 heavy (non-hydrogen) atoms. The first-order chi connectivity index (χ1) is 8.99. The maximum atomic E-state index is 11.1. The Bertz CT molecular complexity index is 443. The lowest BCUT2D eigenvalue weighted by Crippen LogP contribution is -2.09. The monoisotopic (exact) mass is 267 g/mol. The van der Waals surface area contributed by atoms with Crippen molar-refractivity contribution in [3.63, 3.8) is 0 Å². The van der Waals surface area contributed by atoms with E-state index in [1.165, 1.54) is 7.11 Å². The molecule has 0 bridgehead atoms. The zero-order valence-corrected chi connectivity index (χ0v) is 11.9. The highest BCUT2D eigenvalue weighted by Gasteiger charge is 2.14. The van der Waals surface area contributed by atoms with Gasteiger partial charge in [-0.3, -0.25) is 4.79 Å². The van der Waals surface area contributed by atoms with Crippen molar-refractivity contribution in [2.75, 3.05) is 20.0 Å². The van der Waals surface area contributed by atoms with Crippen LogP contribution in [0.1, 0.15) is 25.8 Å². The number of carbonyl (C=O) groups excluding carboxylic acids is 1. The van der Waals surface area contributed by atoms with Crippen LogP contribution in [-0.4, -0.2) is 26.3 Å². The summed E-state index contributed by atoms with van der Waals surface area (Å²) < 4.78 is 15.5. The molecule has 0 spiro atoms. The van der Waals surface area contributed by atoms with Gasteiger partial charge in [-0.1, -0.05) is 6.07 Å². The third kappa shape index (κ3) is 4.05. The van der Waals surface area contributed by atoms with Crippen LogP contribution < -0.4 is 15.2 Å². The van der Waals surface area contributed by atoms with Gasteiger partial charge in [-0.25, -0.2) is 0 Å². The van der Waals surface area contributed by atoms with Crippen LogP contribution in [-0.2, 0) is 16.0 Å². The zero-order valence-electron chi connectivity index (χ0n) is 11.9. The number of esters is 1. The molecular weight excluding hydrogens is 246 g/mol. The van der Waals surface area contributed by atoms with E-state index in [-0.39, 0.29) is 18.5 Å². The van der Waals surface area contributed by atoms with E-state index in [4.69, 9.17) is 15.2 Å². The number of methoxy groups -OCH3 is 2. The third-order valence-corrected chi connectivity index (χ3v) is 2.64. The molecule has 0 saturated heterocycles. The van der Waals surface area contributed by atoms with E-state index in [2.05, 4.69) is 4.74 Å². The molecule has 1 aromatic carbocycles. The normalized spacial score (nSPS) is 10.4. The Hall–Kier alpha value is -1.91. The highest BCUT2D eigenvalue weighted by atomic mass is 16.5. The second-order valence-electron chi connectivity index (χ2n) is 4.41. The third-order valence-electron chi connectivity index (χ3n) is 2.64. The number of hydrogen-bond acceptors (Lipinski definition) is 5. The van der Waals surface area contributed by atoms with E-state index in [0.29, 0.717) is 23.6 Å². The number of anilines is 1. The predicted octanol–water partition coefficient (Wildman–Crippen LogP) is 2.17. The first-order valence-electron chi connectivity index (χ1n) is 6.18. The van der Waals surface area contributed by atoms with Crippen LogP contribution in [0.4, 0.5) is 5.69 Å². The number of rotatable bonds is 6. The van der Waals surface area contributed by atoms with Crippen LogP contribution in [0.3, 0.4) is 0 Å². The van der Waals surface area contributed by atoms with Crippen molar-refractivity contribution in [1.29, 1.82) is 0 Å². The highest BCUT2D eigenvalue weighted by Crippen LogP contribution is 2.36. The fourth-order valence-electron chi connectivity index (χ4n) is 1.73. The van der Waals surface area contributed by atoms with Crippen molar-refractivity contribution in [2.24, 2.45) is 0 Å². The first kappa shape index (κ1) is 15.1. The van der Waals surface area contributed by atoms with Crippen LogP contribution in [0, 0.1) is 0 Å². The minimum Gasteiger partial charge on any atom is -0.491 e. The van der Waals surface area contributed by atoms with Gasteiger partial charge in [0.15, 0.2) is 11.5 Å². The van der Waals surface area contributed by atoms with Gasteiger partial charge in [0, 0.05) is 6.42 Å². The molecule has 0 radical (unpaired) electrons. The SMILES string of the molecule is COC(=O)CCc1ccc(OC(C)C)c(OC)c1N. The smallest absolute Gasteiger partial charge is 0.305 e. The molecule has 0 amide bonds. The quantitative estimate of drug-likeness (QED) is 0.632. The molecule has 5 nitrogen and oxygen atoms in total. The molecule has 0 atom stereocenters. The minimum absolute atomic E-state index is 0.0363. The van der Waals surface area contributed by atoms with Crippen molar-refractivity contribution in [2.45, 2.75) is 32.8 Å². The summed E-state index contributed by atoms with van der Waals surface area (Å²) in [6, 6.07) is 3.65. The minimum atomic E-state index is -0.263. The van der Waals surface area contributed by atoms with Crippen LogP contribution in [0.25, 0.3) is 0 Å². The van der Waals surface area contributed by atoms with Crippen LogP contribution in [0.5, 0.6) is 11.5 Å². The topological polar surface area (TPSA) is 70.8 Å². The largest absolute Gasteiger partial charge is 0.491 e. The fraction of sp³-hybridized carbons (Fsp3) is 0.500. The lowest BCUT2D eigenvalue weighted by molar-refractivity contribution is -0.140. The van der Waals surface area contributed by atoms with Crippen molar-refractivity contribution in [3.05, 3.63) is 17.7 Å². The Labute approximate surface area is 113 Å². The van der Waals surface area contributed by atoms with Gasteiger partial charge in [0.05, 0.1) is 26.0 Å². The number of aryl methyl sites for hydroxylation is 1. The maximum Gasteiger partial charge on any atom is 0.305 e. The molecule has 0 saturated carbocycles. The van der Waals surface area contributed by atoms with Crippen LogP contribution >= 0.6 is 0 Å². The number of nitrogen functional groups attached to an aromatic ring is 1. The van der Waals surface area contributed by atoms with Gasteiger partial charge in [-0.15, -0.1) is 0 Å². The molecule has 0 aliphatic rings. The standard InChI is InChI=1S/C14H21NO4/c1-9(2)19-11-7-5-10(6-8-12(16)17-3)13(15)14(11)18-4/h5,7,9H,6,8,15H2,1-4H3. The van der Waals surface area contributed by atoms with Gasteiger partial charge in [-0.05, 0) is 31.9 Å².